The first kappa shape index (κ1) is 16.4. The molecule has 3 heterocycles. The summed E-state index contributed by atoms with van der Waals surface area (Å²) in [7, 11) is 0. The number of hydrogen-bond acceptors (Lipinski definition) is 5. The zero-order valence-electron chi connectivity index (χ0n) is 13.7. The summed E-state index contributed by atoms with van der Waals surface area (Å²) in [6, 6.07) is -0.203. The molecule has 0 bridgehead atoms. The maximum atomic E-state index is 12.5. The summed E-state index contributed by atoms with van der Waals surface area (Å²) in [6.07, 6.45) is 4.29. The van der Waals surface area contributed by atoms with Gasteiger partial charge in [-0.25, -0.2) is 0 Å². The summed E-state index contributed by atoms with van der Waals surface area (Å²) in [6.45, 7) is 7.77. The third-order valence-corrected chi connectivity index (χ3v) is 4.69. The lowest BCUT2D eigenvalue weighted by Crippen LogP contribution is -2.54. The molecule has 128 valence electrons. The fourth-order valence-electron chi connectivity index (χ4n) is 3.09. The monoisotopic (exact) mass is 330 g/mol. The van der Waals surface area contributed by atoms with Crippen LogP contribution in [0.3, 0.4) is 0 Å². The standard InChI is InChI=1S/C17H22N4O3/c1-3-12(19-13-7-18-8-13)6-11-9-21(17(24)10(11)2)14-4-5-15(22)20-16(14)23/h3,6,13-14,18-19H,1,4-5,7-9H2,2H3,(H,20,22,23)/b12-6+. The lowest BCUT2D eigenvalue weighted by Gasteiger charge is -2.30. The maximum absolute atomic E-state index is 12.5. The third-order valence-electron chi connectivity index (χ3n) is 4.69. The Hall–Kier alpha value is -2.41. The number of hydrogen-bond donors (Lipinski definition) is 3. The Morgan fingerprint density at radius 1 is 1.33 bits per heavy atom. The number of nitrogens with zero attached hydrogens (tertiary/aromatic N) is 1. The van der Waals surface area contributed by atoms with Gasteiger partial charge in [-0.1, -0.05) is 6.58 Å². The second-order valence-corrected chi connectivity index (χ2v) is 6.35. The molecule has 0 aliphatic carbocycles. The molecule has 0 aromatic heterocycles. The minimum Gasteiger partial charge on any atom is -0.380 e. The van der Waals surface area contributed by atoms with Crippen molar-refractivity contribution < 1.29 is 14.4 Å². The summed E-state index contributed by atoms with van der Waals surface area (Å²) >= 11 is 0. The normalized spacial score (nSPS) is 25.7. The summed E-state index contributed by atoms with van der Waals surface area (Å²) in [5, 5.41) is 8.86. The highest BCUT2D eigenvalue weighted by molar-refractivity contribution is 6.05. The fourth-order valence-corrected chi connectivity index (χ4v) is 3.09. The van der Waals surface area contributed by atoms with Gasteiger partial charge in [-0.3, -0.25) is 19.7 Å². The van der Waals surface area contributed by atoms with Crippen LogP contribution in [0.25, 0.3) is 0 Å². The first-order valence-electron chi connectivity index (χ1n) is 8.15. The van der Waals surface area contributed by atoms with E-state index in [0.29, 0.717) is 24.6 Å². The van der Waals surface area contributed by atoms with Crippen LogP contribution in [0.5, 0.6) is 0 Å². The zero-order chi connectivity index (χ0) is 17.3. The fraction of sp³-hybridized carbons (Fsp3) is 0.471. The smallest absolute Gasteiger partial charge is 0.250 e. The van der Waals surface area contributed by atoms with Gasteiger partial charge in [0, 0.05) is 37.3 Å². The van der Waals surface area contributed by atoms with Crippen LogP contribution < -0.4 is 16.0 Å². The van der Waals surface area contributed by atoms with E-state index in [2.05, 4.69) is 22.5 Å². The second kappa shape index (κ2) is 6.60. The van der Waals surface area contributed by atoms with Crippen LogP contribution in [-0.2, 0) is 14.4 Å². The van der Waals surface area contributed by atoms with Crippen molar-refractivity contribution in [2.75, 3.05) is 19.6 Å². The van der Waals surface area contributed by atoms with E-state index in [1.807, 2.05) is 6.08 Å². The van der Waals surface area contributed by atoms with E-state index >= 15 is 0 Å². The van der Waals surface area contributed by atoms with E-state index in [4.69, 9.17) is 0 Å². The summed E-state index contributed by atoms with van der Waals surface area (Å²) in [5.74, 6) is -0.815. The molecule has 0 spiro atoms. The van der Waals surface area contributed by atoms with E-state index < -0.39 is 6.04 Å². The molecule has 3 amide bonds. The number of nitrogens with one attached hydrogen (secondary N) is 3. The van der Waals surface area contributed by atoms with Gasteiger partial charge in [-0.05, 0) is 31.1 Å². The molecule has 0 radical (unpaired) electrons. The second-order valence-electron chi connectivity index (χ2n) is 6.35. The molecule has 2 saturated heterocycles. The molecule has 3 N–H and O–H groups in total. The number of piperidine rings is 1. The van der Waals surface area contributed by atoms with Crippen LogP contribution in [0.2, 0.25) is 0 Å². The highest BCUT2D eigenvalue weighted by Crippen LogP contribution is 2.25. The van der Waals surface area contributed by atoms with Gasteiger partial charge in [0.15, 0.2) is 0 Å². The minimum absolute atomic E-state index is 0.149. The number of amides is 3. The van der Waals surface area contributed by atoms with Gasteiger partial charge in [-0.2, -0.15) is 0 Å². The molecule has 0 aromatic carbocycles. The molecule has 2 fully saturated rings. The molecular formula is C17H22N4O3. The Balaban J connectivity index is 1.73. The average Bonchev–Trinajstić information content (AvgIpc) is 2.78. The molecule has 3 rings (SSSR count). The van der Waals surface area contributed by atoms with Crippen LogP contribution in [0, 0.1) is 0 Å². The van der Waals surface area contributed by atoms with Crippen LogP contribution in [0.1, 0.15) is 19.8 Å². The molecule has 24 heavy (non-hydrogen) atoms. The number of imide groups is 1. The molecule has 0 aromatic rings. The molecule has 7 heteroatoms. The van der Waals surface area contributed by atoms with E-state index in [1.54, 1.807) is 17.9 Å². The molecule has 3 aliphatic heterocycles. The molecular weight excluding hydrogens is 308 g/mol. The predicted octanol–water partition coefficient (Wildman–Crippen LogP) is -0.418. The zero-order valence-corrected chi connectivity index (χ0v) is 13.7. The highest BCUT2D eigenvalue weighted by Gasteiger charge is 2.38. The number of allylic oxidation sites excluding steroid dienone is 1. The molecule has 3 aliphatic rings. The highest BCUT2D eigenvalue weighted by atomic mass is 16.2. The average molecular weight is 330 g/mol. The van der Waals surface area contributed by atoms with Gasteiger partial charge in [0.25, 0.3) is 5.91 Å². The van der Waals surface area contributed by atoms with Crippen LogP contribution >= 0.6 is 0 Å². The van der Waals surface area contributed by atoms with E-state index in [0.717, 1.165) is 24.4 Å². The van der Waals surface area contributed by atoms with Crippen molar-refractivity contribution >= 4 is 17.7 Å². The lowest BCUT2D eigenvalue weighted by molar-refractivity contribution is -0.142. The van der Waals surface area contributed by atoms with Crippen LogP contribution in [-0.4, -0.2) is 54.3 Å². The van der Waals surface area contributed by atoms with Gasteiger partial charge in [0.05, 0.1) is 6.04 Å². The van der Waals surface area contributed by atoms with Crippen molar-refractivity contribution in [3.63, 3.8) is 0 Å². The Labute approximate surface area is 140 Å². The Morgan fingerprint density at radius 2 is 2.08 bits per heavy atom. The number of carbonyl (C=O) groups excluding carboxylic acids is 3. The summed E-state index contributed by atoms with van der Waals surface area (Å²) < 4.78 is 0. The maximum Gasteiger partial charge on any atom is 0.250 e. The van der Waals surface area contributed by atoms with E-state index in [9.17, 15) is 14.4 Å². The minimum atomic E-state index is -0.577. The number of carbonyl (C=O) groups is 3. The van der Waals surface area contributed by atoms with Crippen molar-refractivity contribution in [2.24, 2.45) is 0 Å². The quantitative estimate of drug-likeness (QED) is 0.471. The van der Waals surface area contributed by atoms with Crippen molar-refractivity contribution in [3.8, 4) is 0 Å². The van der Waals surface area contributed by atoms with Gasteiger partial charge in [0.1, 0.15) is 6.04 Å². The third kappa shape index (κ3) is 3.12. The Kier molecular flexibility index (Phi) is 4.53. The molecule has 1 unspecified atom stereocenters. The first-order chi connectivity index (χ1) is 11.5. The molecule has 7 nitrogen and oxygen atoms in total. The summed E-state index contributed by atoms with van der Waals surface area (Å²) in [5.41, 5.74) is 2.38. The van der Waals surface area contributed by atoms with Gasteiger partial charge in [-0.15, -0.1) is 0 Å². The van der Waals surface area contributed by atoms with Gasteiger partial charge < -0.3 is 15.5 Å². The first-order valence-corrected chi connectivity index (χ1v) is 8.15. The van der Waals surface area contributed by atoms with E-state index in [-0.39, 0.29) is 24.1 Å². The van der Waals surface area contributed by atoms with Crippen molar-refractivity contribution in [1.29, 1.82) is 0 Å². The predicted molar refractivity (Wildman–Crippen MR) is 88.7 cm³/mol. The van der Waals surface area contributed by atoms with E-state index in [1.165, 1.54) is 0 Å². The van der Waals surface area contributed by atoms with Crippen LogP contribution in [0.15, 0.2) is 35.6 Å². The molecule has 0 saturated carbocycles. The SMILES string of the molecule is C=C/C(=C\C1=C(C)C(=O)N(C2CCC(=O)NC2=O)C1)NC1CNC1. The van der Waals surface area contributed by atoms with Gasteiger partial charge in [0.2, 0.25) is 11.8 Å². The number of rotatable bonds is 5. The lowest BCUT2D eigenvalue weighted by atomic mass is 10.0. The van der Waals surface area contributed by atoms with Crippen molar-refractivity contribution in [1.82, 2.24) is 20.9 Å². The Bertz CT molecular complexity index is 661. The van der Waals surface area contributed by atoms with Crippen LogP contribution in [0.4, 0.5) is 0 Å². The molecule has 1 atom stereocenters. The van der Waals surface area contributed by atoms with Gasteiger partial charge >= 0.3 is 0 Å². The van der Waals surface area contributed by atoms with Crippen molar-refractivity contribution in [3.05, 3.63) is 35.6 Å². The van der Waals surface area contributed by atoms with Crippen molar-refractivity contribution in [2.45, 2.75) is 31.8 Å². The largest absolute Gasteiger partial charge is 0.380 e. The summed E-state index contributed by atoms with van der Waals surface area (Å²) in [4.78, 5) is 37.4. The Morgan fingerprint density at radius 3 is 2.67 bits per heavy atom. The topological polar surface area (TPSA) is 90.5 Å².